The van der Waals surface area contributed by atoms with Gasteiger partial charge in [-0.1, -0.05) is 0 Å². The second-order valence-corrected chi connectivity index (χ2v) is 1.97. The highest BCUT2D eigenvalue weighted by Gasteiger charge is 2.02. The van der Waals surface area contributed by atoms with E-state index in [1.54, 1.807) is 0 Å². The maximum Gasteiger partial charge on any atom is 0.144 e. The zero-order chi connectivity index (χ0) is 7.72. The second-order valence-electron chi connectivity index (χ2n) is 1.97. The highest BCUT2D eigenvalue weighted by Crippen LogP contribution is 2.31. The van der Waals surface area contributed by atoms with Gasteiger partial charge < -0.3 is 21.7 Å². The first kappa shape index (κ1) is 6.54. The zero-order valence-electron chi connectivity index (χ0n) is 5.20. The lowest BCUT2D eigenvalue weighted by Crippen LogP contribution is -1.89. The van der Waals surface area contributed by atoms with E-state index in [9.17, 15) is 0 Å². The molecule has 6 N–H and O–H groups in total. The van der Waals surface area contributed by atoms with Crippen LogP contribution in [0, 0.1) is 0 Å². The summed E-state index contributed by atoms with van der Waals surface area (Å²) in [5.74, 6) is -0.394. The molecule has 0 amide bonds. The predicted octanol–water partition coefficient (Wildman–Crippen LogP) is 0.262. The van der Waals surface area contributed by atoms with E-state index in [-0.39, 0.29) is 22.9 Å². The fourth-order valence-electron chi connectivity index (χ4n) is 0.644. The van der Waals surface area contributed by atoms with Gasteiger partial charge >= 0.3 is 0 Å². The van der Waals surface area contributed by atoms with Gasteiger partial charge in [-0.25, -0.2) is 0 Å². The fraction of sp³-hybridized carbons (Fsp3) is 0. The molecule has 0 bridgehead atoms. The third-order valence-corrected chi connectivity index (χ3v) is 1.16. The van der Waals surface area contributed by atoms with Gasteiger partial charge in [0, 0.05) is 17.8 Å². The topological polar surface area (TPSA) is 92.5 Å². The summed E-state index contributed by atoms with van der Waals surface area (Å²) in [6.07, 6.45) is 0. The Morgan fingerprint density at radius 3 is 1.80 bits per heavy atom. The van der Waals surface area contributed by atoms with Crippen molar-refractivity contribution in [2.24, 2.45) is 0 Å². The Hall–Kier alpha value is -1.58. The average Bonchev–Trinajstić information content (AvgIpc) is 1.82. The van der Waals surface area contributed by atoms with Crippen LogP contribution in [0.1, 0.15) is 0 Å². The van der Waals surface area contributed by atoms with E-state index in [0.29, 0.717) is 0 Å². The number of hydrogen-bond donors (Lipinski definition) is 4. The summed E-state index contributed by atoms with van der Waals surface area (Å²) in [7, 11) is 0. The largest absolute Gasteiger partial charge is 0.506 e. The first-order chi connectivity index (χ1) is 4.61. The van der Waals surface area contributed by atoms with Crippen molar-refractivity contribution in [2.75, 3.05) is 11.5 Å². The van der Waals surface area contributed by atoms with Gasteiger partial charge in [0.2, 0.25) is 0 Å². The van der Waals surface area contributed by atoms with Crippen LogP contribution in [-0.4, -0.2) is 10.2 Å². The molecule has 0 aliphatic heterocycles. The SMILES string of the molecule is Nc1cc(O)c(N)c(O)c1. The molecule has 1 rings (SSSR count). The molecule has 0 unspecified atom stereocenters. The summed E-state index contributed by atoms with van der Waals surface area (Å²) in [6, 6.07) is 2.55. The van der Waals surface area contributed by atoms with Crippen molar-refractivity contribution < 1.29 is 10.2 Å². The first-order valence-corrected chi connectivity index (χ1v) is 2.68. The second kappa shape index (κ2) is 1.98. The summed E-state index contributed by atoms with van der Waals surface area (Å²) in [5.41, 5.74) is 10.7. The van der Waals surface area contributed by atoms with E-state index in [0.717, 1.165) is 0 Å². The van der Waals surface area contributed by atoms with E-state index in [2.05, 4.69) is 0 Å². The molecule has 0 atom stereocenters. The molecule has 54 valence electrons. The van der Waals surface area contributed by atoms with Gasteiger partial charge in [0.25, 0.3) is 0 Å². The quantitative estimate of drug-likeness (QED) is 0.307. The lowest BCUT2D eigenvalue weighted by molar-refractivity contribution is 0.456. The molecule has 4 heteroatoms. The number of phenols is 2. The molecule has 0 aliphatic rings. The summed E-state index contributed by atoms with van der Waals surface area (Å²) < 4.78 is 0. The van der Waals surface area contributed by atoms with Crippen LogP contribution >= 0.6 is 0 Å². The number of rotatable bonds is 0. The zero-order valence-corrected chi connectivity index (χ0v) is 5.20. The smallest absolute Gasteiger partial charge is 0.144 e. The monoisotopic (exact) mass is 140 g/mol. The molecule has 0 fully saturated rings. The van der Waals surface area contributed by atoms with Crippen molar-refractivity contribution in [3.05, 3.63) is 12.1 Å². The Morgan fingerprint density at radius 1 is 1.00 bits per heavy atom. The van der Waals surface area contributed by atoms with Crippen LogP contribution in [0.4, 0.5) is 11.4 Å². The van der Waals surface area contributed by atoms with Crippen LogP contribution in [-0.2, 0) is 0 Å². The molecule has 1 aromatic rings. The number of hydrogen-bond acceptors (Lipinski definition) is 4. The maximum absolute atomic E-state index is 8.92. The van der Waals surface area contributed by atoms with Crippen LogP contribution in [0.5, 0.6) is 11.5 Å². The fourth-order valence-corrected chi connectivity index (χ4v) is 0.644. The highest BCUT2D eigenvalue weighted by atomic mass is 16.3. The Kier molecular flexibility index (Phi) is 1.30. The van der Waals surface area contributed by atoms with E-state index >= 15 is 0 Å². The Morgan fingerprint density at radius 2 is 1.40 bits per heavy atom. The standard InChI is InChI=1S/C6H8N2O2/c7-3-1-4(9)6(8)5(10)2-3/h1-2,9-10H,7-8H2. The molecule has 4 nitrogen and oxygen atoms in total. The van der Waals surface area contributed by atoms with Crippen LogP contribution in [0.25, 0.3) is 0 Å². The predicted molar refractivity (Wildman–Crippen MR) is 38.6 cm³/mol. The van der Waals surface area contributed by atoms with Gasteiger partial charge in [-0.15, -0.1) is 0 Å². The molecule has 10 heavy (non-hydrogen) atoms. The minimum atomic E-state index is -0.197. The average molecular weight is 140 g/mol. The number of aromatic hydroxyl groups is 2. The molecule has 0 aromatic heterocycles. The van der Waals surface area contributed by atoms with Crippen LogP contribution in [0.3, 0.4) is 0 Å². The Balaban J connectivity index is 3.31. The minimum Gasteiger partial charge on any atom is -0.506 e. The molecule has 1 aromatic carbocycles. The number of phenolic OH excluding ortho intramolecular Hbond substituents is 2. The van der Waals surface area contributed by atoms with Gasteiger partial charge in [0.05, 0.1) is 0 Å². The molecule has 0 aliphatic carbocycles. The molecule has 0 saturated heterocycles. The van der Waals surface area contributed by atoms with E-state index in [4.69, 9.17) is 21.7 Å². The third kappa shape index (κ3) is 0.907. The van der Waals surface area contributed by atoms with Gasteiger partial charge in [-0.2, -0.15) is 0 Å². The number of nitrogen functional groups attached to an aromatic ring is 2. The van der Waals surface area contributed by atoms with Crippen molar-refractivity contribution in [1.82, 2.24) is 0 Å². The summed E-state index contributed by atoms with van der Waals surface area (Å²) in [4.78, 5) is 0. The minimum absolute atomic E-state index is 0.0470. The molecule has 0 saturated carbocycles. The summed E-state index contributed by atoms with van der Waals surface area (Å²) in [6.45, 7) is 0. The Labute approximate surface area is 57.7 Å². The van der Waals surface area contributed by atoms with E-state index in [1.165, 1.54) is 12.1 Å². The van der Waals surface area contributed by atoms with Crippen molar-refractivity contribution in [3.8, 4) is 11.5 Å². The lowest BCUT2D eigenvalue weighted by atomic mass is 10.2. The Bertz CT molecular complexity index is 237. The first-order valence-electron chi connectivity index (χ1n) is 2.68. The third-order valence-electron chi connectivity index (χ3n) is 1.16. The number of nitrogens with two attached hydrogens (primary N) is 2. The highest BCUT2D eigenvalue weighted by molar-refractivity contribution is 5.67. The van der Waals surface area contributed by atoms with Crippen molar-refractivity contribution in [3.63, 3.8) is 0 Å². The summed E-state index contributed by atoms with van der Waals surface area (Å²) in [5, 5.41) is 17.8. The number of benzene rings is 1. The van der Waals surface area contributed by atoms with Gasteiger partial charge in [0.1, 0.15) is 17.2 Å². The van der Waals surface area contributed by atoms with Crippen molar-refractivity contribution >= 4 is 11.4 Å². The van der Waals surface area contributed by atoms with Crippen LogP contribution < -0.4 is 11.5 Å². The van der Waals surface area contributed by atoms with Crippen molar-refractivity contribution in [2.45, 2.75) is 0 Å². The van der Waals surface area contributed by atoms with Gasteiger partial charge in [0.15, 0.2) is 0 Å². The molecule has 0 heterocycles. The molecule has 0 spiro atoms. The normalized spacial score (nSPS) is 9.60. The summed E-state index contributed by atoms with van der Waals surface area (Å²) >= 11 is 0. The molecular formula is C6H8N2O2. The van der Waals surface area contributed by atoms with Crippen molar-refractivity contribution in [1.29, 1.82) is 0 Å². The van der Waals surface area contributed by atoms with E-state index < -0.39 is 0 Å². The molecular weight excluding hydrogens is 132 g/mol. The van der Waals surface area contributed by atoms with Gasteiger partial charge in [-0.05, 0) is 0 Å². The van der Waals surface area contributed by atoms with Crippen LogP contribution in [0.2, 0.25) is 0 Å². The van der Waals surface area contributed by atoms with Gasteiger partial charge in [-0.3, -0.25) is 0 Å². The number of anilines is 2. The van der Waals surface area contributed by atoms with Crippen LogP contribution in [0.15, 0.2) is 12.1 Å². The lowest BCUT2D eigenvalue weighted by Gasteiger charge is -2.01. The van der Waals surface area contributed by atoms with E-state index in [1.807, 2.05) is 0 Å². The molecule has 0 radical (unpaired) electrons. The maximum atomic E-state index is 8.92.